The van der Waals surface area contributed by atoms with Crippen LogP contribution in [0.3, 0.4) is 0 Å². The molecule has 2 nitrogen and oxygen atoms in total. The summed E-state index contributed by atoms with van der Waals surface area (Å²) in [5.41, 5.74) is 4.23. The molecule has 3 heteroatoms. The third-order valence-electron chi connectivity index (χ3n) is 5.20. The number of aldehydes is 1. The first-order valence-electron chi connectivity index (χ1n) is 8.83. The fraction of sp³-hybridized carbons (Fsp3) is 0.550. The highest BCUT2D eigenvalue weighted by Gasteiger charge is 2.25. The number of rotatable bonds is 7. The minimum atomic E-state index is 0.511. The molecular weight excluding hydrogens is 308 g/mol. The van der Waals surface area contributed by atoms with E-state index in [2.05, 4.69) is 0 Å². The Morgan fingerprint density at radius 3 is 2.74 bits per heavy atom. The maximum atomic E-state index is 10.5. The van der Waals surface area contributed by atoms with Gasteiger partial charge < -0.3 is 9.53 Å². The van der Waals surface area contributed by atoms with Crippen LogP contribution in [0.4, 0.5) is 0 Å². The fourth-order valence-electron chi connectivity index (χ4n) is 3.97. The molecule has 0 atom stereocenters. The van der Waals surface area contributed by atoms with Gasteiger partial charge in [-0.2, -0.15) is 0 Å². The van der Waals surface area contributed by atoms with Crippen molar-refractivity contribution in [1.29, 1.82) is 0 Å². The van der Waals surface area contributed by atoms with Crippen molar-refractivity contribution in [3.05, 3.63) is 39.9 Å². The molecule has 0 spiro atoms. The van der Waals surface area contributed by atoms with Crippen molar-refractivity contribution in [3.63, 3.8) is 0 Å². The van der Waals surface area contributed by atoms with Gasteiger partial charge >= 0.3 is 0 Å². The predicted octanol–water partition coefficient (Wildman–Crippen LogP) is 5.52. The van der Waals surface area contributed by atoms with Crippen molar-refractivity contribution in [2.45, 2.75) is 57.8 Å². The number of hydrogen-bond donors (Lipinski definition) is 0. The summed E-state index contributed by atoms with van der Waals surface area (Å²) >= 11 is 6.28. The molecule has 0 bridgehead atoms. The van der Waals surface area contributed by atoms with E-state index >= 15 is 0 Å². The zero-order valence-corrected chi connectivity index (χ0v) is 14.4. The van der Waals surface area contributed by atoms with Gasteiger partial charge in [0.05, 0.1) is 0 Å². The van der Waals surface area contributed by atoms with Gasteiger partial charge in [-0.25, -0.2) is 0 Å². The molecule has 1 aromatic carbocycles. The SMILES string of the molecule is O=CCCc1ccc(OCC2=C(C3CCCC3)CCC2)cc1Cl. The Hall–Kier alpha value is -1.28. The Labute approximate surface area is 143 Å². The third kappa shape index (κ3) is 4.17. The summed E-state index contributed by atoms with van der Waals surface area (Å²) in [7, 11) is 0. The van der Waals surface area contributed by atoms with Gasteiger partial charge in [0.1, 0.15) is 18.6 Å². The van der Waals surface area contributed by atoms with E-state index in [0.29, 0.717) is 24.5 Å². The summed E-state index contributed by atoms with van der Waals surface area (Å²) in [6, 6.07) is 5.82. The van der Waals surface area contributed by atoms with E-state index in [1.54, 1.807) is 5.57 Å². The largest absolute Gasteiger partial charge is 0.489 e. The molecule has 124 valence electrons. The van der Waals surface area contributed by atoms with Crippen molar-refractivity contribution in [2.75, 3.05) is 6.61 Å². The Kier molecular flexibility index (Phi) is 5.77. The summed E-state index contributed by atoms with van der Waals surface area (Å²) in [6.45, 7) is 0.704. The normalized spacial score (nSPS) is 18.7. The topological polar surface area (TPSA) is 26.3 Å². The van der Waals surface area contributed by atoms with E-state index in [0.717, 1.165) is 23.5 Å². The van der Waals surface area contributed by atoms with E-state index in [1.165, 1.54) is 50.5 Å². The van der Waals surface area contributed by atoms with Crippen molar-refractivity contribution in [3.8, 4) is 5.75 Å². The fourth-order valence-corrected chi connectivity index (χ4v) is 4.23. The lowest BCUT2D eigenvalue weighted by Gasteiger charge is -2.15. The summed E-state index contributed by atoms with van der Waals surface area (Å²) in [6.07, 6.45) is 11.4. The number of aryl methyl sites for hydroxylation is 1. The summed E-state index contributed by atoms with van der Waals surface area (Å²) in [5, 5.41) is 0.695. The zero-order valence-electron chi connectivity index (χ0n) is 13.7. The highest BCUT2D eigenvalue weighted by molar-refractivity contribution is 6.31. The summed E-state index contributed by atoms with van der Waals surface area (Å²) < 4.78 is 6.01. The Balaban J connectivity index is 1.62. The molecule has 0 radical (unpaired) electrons. The molecule has 2 aliphatic carbocycles. The van der Waals surface area contributed by atoms with E-state index in [9.17, 15) is 4.79 Å². The molecule has 0 amide bonds. The summed E-state index contributed by atoms with van der Waals surface area (Å²) in [5.74, 6) is 1.65. The van der Waals surface area contributed by atoms with Crippen LogP contribution >= 0.6 is 11.6 Å². The van der Waals surface area contributed by atoms with E-state index in [-0.39, 0.29) is 0 Å². The van der Waals surface area contributed by atoms with E-state index in [1.807, 2.05) is 18.2 Å². The molecule has 0 saturated heterocycles. The van der Waals surface area contributed by atoms with Crippen molar-refractivity contribution >= 4 is 17.9 Å². The molecule has 3 rings (SSSR count). The molecule has 1 saturated carbocycles. The van der Waals surface area contributed by atoms with Gasteiger partial charge in [0.15, 0.2) is 0 Å². The van der Waals surface area contributed by atoms with Crippen LogP contribution in [0.2, 0.25) is 5.02 Å². The molecule has 23 heavy (non-hydrogen) atoms. The van der Waals surface area contributed by atoms with Gasteiger partial charge in [-0.05, 0) is 67.7 Å². The minimum Gasteiger partial charge on any atom is -0.489 e. The van der Waals surface area contributed by atoms with Crippen molar-refractivity contribution < 1.29 is 9.53 Å². The highest BCUT2D eigenvalue weighted by atomic mass is 35.5. The predicted molar refractivity (Wildman–Crippen MR) is 94.2 cm³/mol. The Morgan fingerprint density at radius 2 is 2.00 bits per heavy atom. The van der Waals surface area contributed by atoms with Crippen LogP contribution in [-0.2, 0) is 11.2 Å². The lowest BCUT2D eigenvalue weighted by Crippen LogP contribution is -2.05. The molecule has 1 aromatic rings. The first kappa shape index (κ1) is 16.6. The average Bonchev–Trinajstić information content (AvgIpc) is 3.22. The van der Waals surface area contributed by atoms with Crippen LogP contribution in [0.25, 0.3) is 0 Å². The Bertz CT molecular complexity index is 585. The number of carbonyl (C=O) groups excluding carboxylic acids is 1. The van der Waals surface area contributed by atoms with Crippen LogP contribution in [0.15, 0.2) is 29.3 Å². The third-order valence-corrected chi connectivity index (χ3v) is 5.55. The number of carbonyl (C=O) groups is 1. The van der Waals surface area contributed by atoms with Gasteiger partial charge in [-0.3, -0.25) is 0 Å². The van der Waals surface area contributed by atoms with Crippen LogP contribution < -0.4 is 4.74 Å². The number of halogens is 1. The van der Waals surface area contributed by atoms with Crippen molar-refractivity contribution in [1.82, 2.24) is 0 Å². The standard InChI is InChI=1S/C20H25ClO2/c21-20-13-18(11-10-16(20)8-4-12-22)23-14-17-7-3-9-19(17)15-5-1-2-6-15/h10-13,15H,1-9,14H2. The second kappa shape index (κ2) is 8.01. The van der Waals surface area contributed by atoms with Gasteiger partial charge in [-0.15, -0.1) is 0 Å². The van der Waals surface area contributed by atoms with Gasteiger partial charge in [0.2, 0.25) is 0 Å². The van der Waals surface area contributed by atoms with E-state index < -0.39 is 0 Å². The maximum Gasteiger partial charge on any atom is 0.121 e. The number of ether oxygens (including phenoxy) is 1. The van der Waals surface area contributed by atoms with Gasteiger partial charge in [0, 0.05) is 11.4 Å². The smallest absolute Gasteiger partial charge is 0.121 e. The molecule has 0 aliphatic heterocycles. The van der Waals surface area contributed by atoms with Gasteiger partial charge in [-0.1, -0.05) is 36.1 Å². The lowest BCUT2D eigenvalue weighted by molar-refractivity contribution is -0.107. The van der Waals surface area contributed by atoms with Crippen LogP contribution in [0.1, 0.15) is 56.9 Å². The summed E-state index contributed by atoms with van der Waals surface area (Å²) in [4.78, 5) is 10.5. The highest BCUT2D eigenvalue weighted by Crippen LogP contribution is 2.40. The molecule has 2 aliphatic rings. The number of hydrogen-bond acceptors (Lipinski definition) is 2. The van der Waals surface area contributed by atoms with Crippen LogP contribution in [0.5, 0.6) is 5.75 Å². The first-order valence-corrected chi connectivity index (χ1v) is 9.21. The molecule has 0 unspecified atom stereocenters. The molecule has 0 heterocycles. The van der Waals surface area contributed by atoms with E-state index in [4.69, 9.17) is 16.3 Å². The number of benzene rings is 1. The Morgan fingerprint density at radius 1 is 1.17 bits per heavy atom. The van der Waals surface area contributed by atoms with Crippen LogP contribution in [0, 0.1) is 5.92 Å². The molecule has 1 fully saturated rings. The van der Waals surface area contributed by atoms with Crippen LogP contribution in [-0.4, -0.2) is 12.9 Å². The van der Waals surface area contributed by atoms with Gasteiger partial charge in [0.25, 0.3) is 0 Å². The quantitative estimate of drug-likeness (QED) is 0.485. The minimum absolute atomic E-state index is 0.511. The first-order chi connectivity index (χ1) is 11.3. The monoisotopic (exact) mass is 332 g/mol. The molecule has 0 aromatic heterocycles. The second-order valence-corrected chi connectivity index (χ2v) is 7.12. The average molecular weight is 333 g/mol. The second-order valence-electron chi connectivity index (χ2n) is 6.71. The molecule has 0 N–H and O–H groups in total. The van der Waals surface area contributed by atoms with Crippen molar-refractivity contribution in [2.24, 2.45) is 5.92 Å². The number of allylic oxidation sites excluding steroid dienone is 1. The lowest BCUT2D eigenvalue weighted by atomic mass is 9.94. The zero-order chi connectivity index (χ0) is 16.1. The molecular formula is C20H25ClO2. The maximum absolute atomic E-state index is 10.5.